The summed E-state index contributed by atoms with van der Waals surface area (Å²) in [5, 5.41) is 2.52. The molecular formula is C18H22N4O6S. The molecule has 0 aliphatic heterocycles. The zero-order valence-electron chi connectivity index (χ0n) is 16.3. The van der Waals surface area contributed by atoms with Crippen LogP contribution < -0.4 is 20.9 Å². The van der Waals surface area contributed by atoms with Gasteiger partial charge in [-0.05, 0) is 51.1 Å². The lowest BCUT2D eigenvalue weighted by Gasteiger charge is -2.15. The number of carbonyl (C=O) groups excluding carboxylic acids is 3. The van der Waals surface area contributed by atoms with Crippen LogP contribution in [0.5, 0.6) is 0 Å². The van der Waals surface area contributed by atoms with Crippen LogP contribution in [-0.2, 0) is 19.6 Å². The molecule has 0 aliphatic carbocycles. The lowest BCUT2D eigenvalue weighted by Crippen LogP contribution is -2.51. The van der Waals surface area contributed by atoms with Gasteiger partial charge in [-0.3, -0.25) is 25.2 Å². The van der Waals surface area contributed by atoms with Crippen LogP contribution in [0.4, 0.5) is 5.69 Å². The Morgan fingerprint density at radius 1 is 1.03 bits per heavy atom. The monoisotopic (exact) mass is 422 g/mol. The second kappa shape index (κ2) is 8.88. The lowest BCUT2D eigenvalue weighted by molar-refractivity contribution is -0.123. The summed E-state index contributed by atoms with van der Waals surface area (Å²) in [6, 6.07) is 5.80. The molecule has 1 atom stereocenters. The molecule has 0 saturated carbocycles. The van der Waals surface area contributed by atoms with Crippen molar-refractivity contribution < 1.29 is 27.2 Å². The van der Waals surface area contributed by atoms with Crippen molar-refractivity contribution in [1.29, 1.82) is 0 Å². The average Bonchev–Trinajstić information content (AvgIpc) is 2.97. The van der Waals surface area contributed by atoms with Gasteiger partial charge in [0, 0.05) is 12.6 Å². The highest BCUT2D eigenvalue weighted by Crippen LogP contribution is 2.15. The van der Waals surface area contributed by atoms with E-state index in [1.165, 1.54) is 44.2 Å². The first-order valence-electron chi connectivity index (χ1n) is 8.57. The molecule has 0 aliphatic rings. The van der Waals surface area contributed by atoms with E-state index in [1.807, 2.05) is 0 Å². The second-order valence-electron chi connectivity index (χ2n) is 6.32. The van der Waals surface area contributed by atoms with E-state index in [1.54, 1.807) is 13.8 Å². The van der Waals surface area contributed by atoms with Crippen LogP contribution in [0.1, 0.15) is 35.7 Å². The highest BCUT2D eigenvalue weighted by Gasteiger charge is 2.23. The number of carbonyl (C=O) groups is 3. The smallest absolute Gasteiger partial charge is 0.273 e. The summed E-state index contributed by atoms with van der Waals surface area (Å²) < 4.78 is 32.3. The van der Waals surface area contributed by atoms with Crippen molar-refractivity contribution in [3.05, 3.63) is 47.4 Å². The molecule has 1 heterocycles. The number of hydrogen-bond donors (Lipinski definition) is 4. The minimum atomic E-state index is -4.00. The summed E-state index contributed by atoms with van der Waals surface area (Å²) in [6.45, 7) is 5.96. The van der Waals surface area contributed by atoms with Crippen LogP contribution in [0.2, 0.25) is 0 Å². The number of aryl methyl sites for hydroxylation is 2. The van der Waals surface area contributed by atoms with Crippen molar-refractivity contribution in [2.24, 2.45) is 0 Å². The molecule has 0 radical (unpaired) electrons. The number of anilines is 1. The molecule has 0 fully saturated rings. The summed E-state index contributed by atoms with van der Waals surface area (Å²) in [5.41, 5.74) is 5.08. The third-order valence-corrected chi connectivity index (χ3v) is 5.35. The van der Waals surface area contributed by atoms with E-state index in [9.17, 15) is 22.8 Å². The maximum atomic E-state index is 12.4. The highest BCUT2D eigenvalue weighted by atomic mass is 32.2. The van der Waals surface area contributed by atoms with Crippen molar-refractivity contribution in [3.63, 3.8) is 0 Å². The van der Waals surface area contributed by atoms with Crippen LogP contribution in [0, 0.1) is 13.8 Å². The number of nitrogens with one attached hydrogen (secondary N) is 4. The average molecular weight is 422 g/mol. The molecule has 0 unspecified atom stereocenters. The van der Waals surface area contributed by atoms with E-state index in [0.717, 1.165) is 0 Å². The topological polar surface area (TPSA) is 147 Å². The summed E-state index contributed by atoms with van der Waals surface area (Å²) in [6.07, 6.45) is 0. The molecule has 0 spiro atoms. The minimum Gasteiger partial charge on any atom is -0.466 e. The van der Waals surface area contributed by atoms with E-state index in [2.05, 4.69) is 20.9 Å². The number of amides is 3. The van der Waals surface area contributed by atoms with Gasteiger partial charge in [-0.15, -0.1) is 0 Å². The van der Waals surface area contributed by atoms with E-state index in [4.69, 9.17) is 4.42 Å². The van der Waals surface area contributed by atoms with Crippen molar-refractivity contribution in [2.75, 3.05) is 5.32 Å². The Morgan fingerprint density at radius 3 is 2.17 bits per heavy atom. The summed E-state index contributed by atoms with van der Waals surface area (Å²) in [7, 11) is -4.00. The van der Waals surface area contributed by atoms with Gasteiger partial charge in [0.05, 0.1) is 16.5 Å². The minimum absolute atomic E-state index is 0.0835. The van der Waals surface area contributed by atoms with Crippen molar-refractivity contribution in [1.82, 2.24) is 15.6 Å². The molecule has 10 nitrogen and oxygen atoms in total. The van der Waals surface area contributed by atoms with Crippen LogP contribution in [-0.4, -0.2) is 32.2 Å². The number of sulfonamides is 1. The molecule has 1 aromatic carbocycles. The fourth-order valence-corrected chi connectivity index (χ4v) is 3.63. The SMILES string of the molecule is CC(=O)Nc1ccc(S(=O)(=O)N[C@@H](C)C(=O)NNC(=O)c2cc(C)oc2C)cc1. The molecule has 0 saturated heterocycles. The quantitative estimate of drug-likeness (QED) is 0.511. The first-order chi connectivity index (χ1) is 13.5. The first kappa shape index (κ1) is 22.1. The Morgan fingerprint density at radius 2 is 1.66 bits per heavy atom. The van der Waals surface area contributed by atoms with Crippen LogP contribution in [0.15, 0.2) is 39.6 Å². The van der Waals surface area contributed by atoms with Gasteiger partial charge in [-0.1, -0.05) is 0 Å². The van der Waals surface area contributed by atoms with Crippen LogP contribution in [0.25, 0.3) is 0 Å². The Labute approximate surface area is 168 Å². The highest BCUT2D eigenvalue weighted by molar-refractivity contribution is 7.89. The standard InChI is InChI=1S/C18H22N4O6S/c1-10-9-16(12(3)28-10)18(25)21-20-17(24)11(2)22-29(26,27)15-7-5-14(6-8-15)19-13(4)23/h5-9,11,22H,1-4H3,(H,19,23)(H,20,24)(H,21,25)/t11-/m0/s1. The zero-order valence-corrected chi connectivity index (χ0v) is 17.1. The lowest BCUT2D eigenvalue weighted by atomic mass is 10.2. The van der Waals surface area contributed by atoms with Gasteiger partial charge in [-0.25, -0.2) is 8.42 Å². The fourth-order valence-electron chi connectivity index (χ4n) is 2.43. The number of hydrazine groups is 1. The summed E-state index contributed by atoms with van der Waals surface area (Å²) in [4.78, 5) is 35.1. The second-order valence-corrected chi connectivity index (χ2v) is 8.03. The number of rotatable bonds is 6. The number of hydrogen-bond acceptors (Lipinski definition) is 6. The van der Waals surface area contributed by atoms with Crippen LogP contribution >= 0.6 is 0 Å². The molecule has 0 bridgehead atoms. The number of benzene rings is 1. The van der Waals surface area contributed by atoms with Crippen LogP contribution in [0.3, 0.4) is 0 Å². The van der Waals surface area contributed by atoms with E-state index in [0.29, 0.717) is 17.2 Å². The molecule has 11 heteroatoms. The van der Waals surface area contributed by atoms with Gasteiger partial charge in [0.2, 0.25) is 15.9 Å². The van der Waals surface area contributed by atoms with Gasteiger partial charge < -0.3 is 9.73 Å². The zero-order chi connectivity index (χ0) is 21.8. The van der Waals surface area contributed by atoms with Crippen molar-refractivity contribution in [3.8, 4) is 0 Å². The summed E-state index contributed by atoms with van der Waals surface area (Å²) in [5.74, 6) is -0.687. The third-order valence-electron chi connectivity index (χ3n) is 3.80. The Balaban J connectivity index is 1.96. The third kappa shape index (κ3) is 5.90. The van der Waals surface area contributed by atoms with E-state index >= 15 is 0 Å². The van der Waals surface area contributed by atoms with Gasteiger partial charge in [0.15, 0.2) is 0 Å². The first-order valence-corrected chi connectivity index (χ1v) is 10.0. The van der Waals surface area contributed by atoms with Crippen molar-refractivity contribution in [2.45, 2.75) is 38.6 Å². The molecule has 29 heavy (non-hydrogen) atoms. The maximum Gasteiger partial charge on any atom is 0.273 e. The van der Waals surface area contributed by atoms with E-state index < -0.39 is 27.9 Å². The molecular weight excluding hydrogens is 400 g/mol. The Hall–Kier alpha value is -3.18. The molecule has 3 amide bonds. The molecule has 2 rings (SSSR count). The Kier molecular flexibility index (Phi) is 6.77. The van der Waals surface area contributed by atoms with Gasteiger partial charge in [-0.2, -0.15) is 4.72 Å². The predicted octanol–water partition coefficient (Wildman–Crippen LogP) is 0.983. The fraction of sp³-hybridized carbons (Fsp3) is 0.278. The predicted molar refractivity (Wildman–Crippen MR) is 104 cm³/mol. The van der Waals surface area contributed by atoms with E-state index in [-0.39, 0.29) is 16.4 Å². The molecule has 4 N–H and O–H groups in total. The largest absolute Gasteiger partial charge is 0.466 e. The maximum absolute atomic E-state index is 12.4. The molecule has 1 aromatic heterocycles. The van der Waals surface area contributed by atoms with Crippen molar-refractivity contribution >= 4 is 33.4 Å². The normalized spacial score (nSPS) is 12.1. The molecule has 2 aromatic rings. The van der Waals surface area contributed by atoms with Gasteiger partial charge in [0.25, 0.3) is 11.8 Å². The number of furan rings is 1. The van der Waals surface area contributed by atoms with Gasteiger partial charge >= 0.3 is 0 Å². The Bertz CT molecular complexity index is 1030. The van der Waals surface area contributed by atoms with Gasteiger partial charge in [0.1, 0.15) is 11.5 Å². The molecule has 156 valence electrons. The summed E-state index contributed by atoms with van der Waals surface area (Å²) >= 11 is 0.